The monoisotopic (exact) mass is 371 g/mol. The maximum Gasteiger partial charge on any atom is 0.230 e. The van der Waals surface area contributed by atoms with Crippen LogP contribution in [0.2, 0.25) is 0 Å². The summed E-state index contributed by atoms with van der Waals surface area (Å²) in [7, 11) is 0. The molecule has 1 aliphatic heterocycles. The van der Waals surface area contributed by atoms with E-state index in [4.69, 9.17) is 9.47 Å². The van der Waals surface area contributed by atoms with Crippen LogP contribution in [-0.4, -0.2) is 24.9 Å². The SMILES string of the molecule is Cc1ccc(C(C)NC(=O)CSc2ccc3c(c2)OCCCO3)cc1C. The van der Waals surface area contributed by atoms with Crippen LogP contribution in [0.15, 0.2) is 41.3 Å². The molecule has 1 heterocycles. The summed E-state index contributed by atoms with van der Waals surface area (Å²) in [5.41, 5.74) is 3.63. The molecule has 0 aromatic heterocycles. The van der Waals surface area contributed by atoms with Crippen LogP contribution < -0.4 is 14.8 Å². The fourth-order valence-corrected chi connectivity index (χ4v) is 3.52. The Hall–Kier alpha value is -2.14. The first-order chi connectivity index (χ1) is 12.5. The largest absolute Gasteiger partial charge is 0.490 e. The first-order valence-electron chi connectivity index (χ1n) is 8.92. The minimum Gasteiger partial charge on any atom is -0.490 e. The van der Waals surface area contributed by atoms with Gasteiger partial charge in [-0.2, -0.15) is 0 Å². The lowest BCUT2D eigenvalue weighted by molar-refractivity contribution is -0.119. The number of amides is 1. The molecule has 0 radical (unpaired) electrons. The fraction of sp³-hybridized carbons (Fsp3) is 0.381. The van der Waals surface area contributed by atoms with Gasteiger partial charge in [0.1, 0.15) is 0 Å². The molecule has 0 saturated heterocycles. The third kappa shape index (κ3) is 4.73. The van der Waals surface area contributed by atoms with Crippen LogP contribution in [0.5, 0.6) is 11.5 Å². The van der Waals surface area contributed by atoms with Gasteiger partial charge in [0.15, 0.2) is 11.5 Å². The van der Waals surface area contributed by atoms with Gasteiger partial charge in [0, 0.05) is 11.3 Å². The number of hydrogen-bond donors (Lipinski definition) is 1. The lowest BCUT2D eigenvalue weighted by atomic mass is 10.0. The van der Waals surface area contributed by atoms with E-state index < -0.39 is 0 Å². The number of rotatable bonds is 5. The highest BCUT2D eigenvalue weighted by molar-refractivity contribution is 8.00. The molecule has 5 heteroatoms. The molecular weight excluding hydrogens is 346 g/mol. The average molecular weight is 372 g/mol. The molecule has 2 aromatic rings. The predicted molar refractivity (Wildman–Crippen MR) is 105 cm³/mol. The molecule has 0 aliphatic carbocycles. The molecule has 1 aliphatic rings. The third-order valence-corrected chi connectivity index (χ3v) is 5.49. The number of ether oxygens (including phenoxy) is 2. The van der Waals surface area contributed by atoms with Gasteiger partial charge in [0.2, 0.25) is 5.91 Å². The summed E-state index contributed by atoms with van der Waals surface area (Å²) in [4.78, 5) is 13.3. The van der Waals surface area contributed by atoms with Gasteiger partial charge in [-0.05, 0) is 55.7 Å². The van der Waals surface area contributed by atoms with Crippen molar-refractivity contribution in [1.29, 1.82) is 0 Å². The Labute approximate surface area is 159 Å². The van der Waals surface area contributed by atoms with Crippen molar-refractivity contribution in [2.75, 3.05) is 19.0 Å². The molecule has 1 amide bonds. The zero-order chi connectivity index (χ0) is 18.5. The number of aryl methyl sites for hydroxylation is 2. The molecule has 0 saturated carbocycles. The van der Waals surface area contributed by atoms with E-state index in [0.717, 1.165) is 28.4 Å². The number of carbonyl (C=O) groups excluding carboxylic acids is 1. The van der Waals surface area contributed by atoms with E-state index in [9.17, 15) is 4.79 Å². The molecule has 2 aromatic carbocycles. The molecule has 1 unspecified atom stereocenters. The third-order valence-electron chi connectivity index (χ3n) is 4.50. The van der Waals surface area contributed by atoms with Gasteiger partial charge in [0.05, 0.1) is 25.0 Å². The van der Waals surface area contributed by atoms with Gasteiger partial charge in [-0.1, -0.05) is 18.2 Å². The average Bonchev–Trinajstić information content (AvgIpc) is 2.87. The lowest BCUT2D eigenvalue weighted by Crippen LogP contribution is -2.28. The molecule has 0 bridgehead atoms. The van der Waals surface area contributed by atoms with E-state index in [2.05, 4.69) is 37.4 Å². The van der Waals surface area contributed by atoms with Crippen molar-refractivity contribution in [3.63, 3.8) is 0 Å². The Morgan fingerprint density at radius 3 is 2.62 bits per heavy atom. The van der Waals surface area contributed by atoms with E-state index in [1.54, 1.807) is 0 Å². The van der Waals surface area contributed by atoms with Gasteiger partial charge in [-0.3, -0.25) is 4.79 Å². The van der Waals surface area contributed by atoms with E-state index in [-0.39, 0.29) is 11.9 Å². The highest BCUT2D eigenvalue weighted by atomic mass is 32.2. The van der Waals surface area contributed by atoms with Gasteiger partial charge >= 0.3 is 0 Å². The highest BCUT2D eigenvalue weighted by Gasteiger charge is 2.13. The van der Waals surface area contributed by atoms with Crippen molar-refractivity contribution >= 4 is 17.7 Å². The number of nitrogens with one attached hydrogen (secondary N) is 1. The summed E-state index contributed by atoms with van der Waals surface area (Å²) >= 11 is 1.50. The minimum atomic E-state index is -0.00817. The number of benzene rings is 2. The minimum absolute atomic E-state index is 0.00817. The van der Waals surface area contributed by atoms with Crippen LogP contribution in [-0.2, 0) is 4.79 Å². The second-order valence-corrected chi connectivity index (χ2v) is 7.63. The smallest absolute Gasteiger partial charge is 0.230 e. The molecule has 1 N–H and O–H groups in total. The van der Waals surface area contributed by atoms with Crippen molar-refractivity contribution < 1.29 is 14.3 Å². The molecule has 3 rings (SSSR count). The van der Waals surface area contributed by atoms with E-state index in [1.165, 1.54) is 22.9 Å². The predicted octanol–water partition coefficient (Wildman–Crippen LogP) is 4.43. The van der Waals surface area contributed by atoms with Crippen LogP contribution in [0.3, 0.4) is 0 Å². The van der Waals surface area contributed by atoms with E-state index in [1.807, 2.05) is 25.1 Å². The van der Waals surface area contributed by atoms with Gasteiger partial charge in [0.25, 0.3) is 0 Å². The summed E-state index contributed by atoms with van der Waals surface area (Å²) in [5, 5.41) is 3.07. The standard InChI is InChI=1S/C21H25NO3S/c1-14-5-6-17(11-15(14)2)16(3)22-21(23)13-26-18-7-8-19-20(12-18)25-10-4-9-24-19/h5-8,11-12,16H,4,9-10,13H2,1-3H3,(H,22,23). The van der Waals surface area contributed by atoms with Crippen LogP contribution in [0.25, 0.3) is 0 Å². The molecule has 138 valence electrons. The first-order valence-corrected chi connectivity index (χ1v) is 9.90. The van der Waals surface area contributed by atoms with Gasteiger partial charge < -0.3 is 14.8 Å². The van der Waals surface area contributed by atoms with Crippen LogP contribution in [0, 0.1) is 13.8 Å². The molecule has 26 heavy (non-hydrogen) atoms. The maximum absolute atomic E-state index is 12.3. The van der Waals surface area contributed by atoms with Crippen molar-refractivity contribution in [1.82, 2.24) is 5.32 Å². The van der Waals surface area contributed by atoms with Crippen molar-refractivity contribution in [3.8, 4) is 11.5 Å². The van der Waals surface area contributed by atoms with Crippen LogP contribution >= 0.6 is 11.8 Å². The first kappa shape index (κ1) is 18.6. The number of carbonyl (C=O) groups is 1. The normalized spacial score (nSPS) is 14.4. The Morgan fingerprint density at radius 2 is 1.85 bits per heavy atom. The van der Waals surface area contributed by atoms with E-state index >= 15 is 0 Å². The summed E-state index contributed by atoms with van der Waals surface area (Å²) in [5.74, 6) is 1.93. The zero-order valence-electron chi connectivity index (χ0n) is 15.5. The number of hydrogen-bond acceptors (Lipinski definition) is 4. The summed E-state index contributed by atoms with van der Waals surface area (Å²) < 4.78 is 11.3. The summed E-state index contributed by atoms with van der Waals surface area (Å²) in [6, 6.07) is 12.1. The number of fused-ring (bicyclic) bond motifs is 1. The maximum atomic E-state index is 12.3. The van der Waals surface area contributed by atoms with Gasteiger partial charge in [-0.25, -0.2) is 0 Å². The molecule has 0 spiro atoms. The van der Waals surface area contributed by atoms with Crippen LogP contribution in [0.1, 0.15) is 36.1 Å². The van der Waals surface area contributed by atoms with Crippen molar-refractivity contribution in [2.24, 2.45) is 0 Å². The fourth-order valence-electron chi connectivity index (χ4n) is 2.78. The second kappa shape index (κ2) is 8.49. The second-order valence-electron chi connectivity index (χ2n) is 6.58. The Morgan fingerprint density at radius 1 is 1.08 bits per heavy atom. The topological polar surface area (TPSA) is 47.6 Å². The zero-order valence-corrected chi connectivity index (χ0v) is 16.3. The molecular formula is C21H25NO3S. The van der Waals surface area contributed by atoms with Crippen molar-refractivity contribution in [3.05, 3.63) is 53.1 Å². The number of thioether (sulfide) groups is 1. The van der Waals surface area contributed by atoms with Crippen LogP contribution in [0.4, 0.5) is 0 Å². The summed E-state index contributed by atoms with van der Waals surface area (Å²) in [6.07, 6.45) is 0.885. The summed E-state index contributed by atoms with van der Waals surface area (Å²) in [6.45, 7) is 7.54. The Bertz CT molecular complexity index is 791. The molecule has 1 atom stereocenters. The molecule has 4 nitrogen and oxygen atoms in total. The Balaban J connectivity index is 1.55. The lowest BCUT2D eigenvalue weighted by Gasteiger charge is -2.16. The molecule has 0 fully saturated rings. The Kier molecular flexibility index (Phi) is 6.09. The van der Waals surface area contributed by atoms with E-state index in [0.29, 0.717) is 19.0 Å². The van der Waals surface area contributed by atoms with Crippen molar-refractivity contribution in [2.45, 2.75) is 38.1 Å². The highest BCUT2D eigenvalue weighted by Crippen LogP contribution is 2.33. The van der Waals surface area contributed by atoms with Gasteiger partial charge in [-0.15, -0.1) is 11.8 Å². The quantitative estimate of drug-likeness (QED) is 0.790.